The molecule has 0 spiro atoms. The molecule has 7 heteroatoms. The Kier molecular flexibility index (Phi) is 6.75. The number of hydrogen-bond acceptors (Lipinski definition) is 5. The number of aromatic amines is 1. The molecular formula is C21H24IN3O3. The quantitative estimate of drug-likeness (QED) is 0.642. The molecule has 1 aliphatic heterocycles. The number of pyridine rings is 1. The Balaban J connectivity index is 1.93. The van der Waals surface area contributed by atoms with Gasteiger partial charge < -0.3 is 14.5 Å². The smallest absolute Gasteiger partial charge is 0.265 e. The van der Waals surface area contributed by atoms with Crippen molar-refractivity contribution in [3.8, 4) is 17.6 Å². The highest BCUT2D eigenvalue weighted by atomic mass is 127. The third kappa shape index (κ3) is 4.93. The largest absolute Gasteiger partial charge is 0.456 e. The van der Waals surface area contributed by atoms with Crippen molar-refractivity contribution in [1.29, 1.82) is 5.26 Å². The molecule has 28 heavy (non-hydrogen) atoms. The van der Waals surface area contributed by atoms with Crippen LogP contribution in [-0.4, -0.2) is 35.7 Å². The highest BCUT2D eigenvalue weighted by molar-refractivity contribution is 14.1. The van der Waals surface area contributed by atoms with Crippen LogP contribution in [-0.2, 0) is 11.3 Å². The molecule has 1 aromatic heterocycles. The van der Waals surface area contributed by atoms with Gasteiger partial charge in [0.1, 0.15) is 9.32 Å². The van der Waals surface area contributed by atoms with Crippen LogP contribution >= 0.6 is 22.6 Å². The molecule has 6 nitrogen and oxygen atoms in total. The van der Waals surface area contributed by atoms with Crippen LogP contribution in [0.1, 0.15) is 28.8 Å². The van der Waals surface area contributed by atoms with E-state index in [1.54, 1.807) is 0 Å². The Morgan fingerprint density at radius 3 is 2.71 bits per heavy atom. The van der Waals surface area contributed by atoms with Crippen LogP contribution in [0.25, 0.3) is 0 Å². The summed E-state index contributed by atoms with van der Waals surface area (Å²) in [5.41, 5.74) is 3.83. The average molecular weight is 493 g/mol. The van der Waals surface area contributed by atoms with E-state index >= 15 is 0 Å². The lowest BCUT2D eigenvalue weighted by Crippen LogP contribution is -2.42. The number of ether oxygens (including phenoxy) is 2. The Bertz CT molecular complexity index is 944. The second-order valence-corrected chi connectivity index (χ2v) is 8.30. The van der Waals surface area contributed by atoms with Crippen LogP contribution in [0, 0.1) is 35.7 Å². The molecule has 2 aromatic rings. The van der Waals surface area contributed by atoms with Gasteiger partial charge in [0.25, 0.3) is 5.56 Å². The van der Waals surface area contributed by atoms with Crippen molar-refractivity contribution in [3.05, 3.63) is 54.5 Å². The summed E-state index contributed by atoms with van der Waals surface area (Å²) >= 11 is 2.05. The topological polar surface area (TPSA) is 78.3 Å². The number of rotatable bonds is 5. The Morgan fingerprint density at radius 2 is 2.04 bits per heavy atom. The molecule has 2 heterocycles. The number of aryl methyl sites for hydroxylation is 3. The maximum absolute atomic E-state index is 12.4. The number of halogens is 1. The average Bonchev–Trinajstić information content (AvgIpc) is 2.62. The van der Waals surface area contributed by atoms with Crippen LogP contribution in [0.2, 0.25) is 0 Å². The zero-order valence-electron chi connectivity index (χ0n) is 16.3. The zero-order chi connectivity index (χ0) is 20.3. The number of nitrogens with zero attached hydrogens (tertiary/aromatic N) is 2. The van der Waals surface area contributed by atoms with Gasteiger partial charge in [0.05, 0.1) is 25.2 Å². The first kappa shape index (κ1) is 20.8. The first-order valence-electron chi connectivity index (χ1n) is 9.25. The van der Waals surface area contributed by atoms with Crippen LogP contribution < -0.4 is 10.3 Å². The Labute approximate surface area is 178 Å². The van der Waals surface area contributed by atoms with Gasteiger partial charge in [0, 0.05) is 30.9 Å². The number of aromatic nitrogens is 1. The molecule has 1 saturated heterocycles. The van der Waals surface area contributed by atoms with Crippen molar-refractivity contribution < 1.29 is 9.47 Å². The van der Waals surface area contributed by atoms with Crippen molar-refractivity contribution in [2.45, 2.75) is 39.8 Å². The molecule has 1 unspecified atom stereocenters. The molecule has 1 aliphatic rings. The van der Waals surface area contributed by atoms with Crippen molar-refractivity contribution in [2.24, 2.45) is 0 Å². The van der Waals surface area contributed by atoms with Gasteiger partial charge >= 0.3 is 0 Å². The summed E-state index contributed by atoms with van der Waals surface area (Å²) in [5.74, 6) is 1.33. The molecule has 1 atom stereocenters. The van der Waals surface area contributed by atoms with E-state index in [0.29, 0.717) is 35.4 Å². The molecule has 0 saturated carbocycles. The van der Waals surface area contributed by atoms with Crippen LogP contribution in [0.4, 0.5) is 0 Å². The second kappa shape index (κ2) is 9.07. The highest BCUT2D eigenvalue weighted by Crippen LogP contribution is 2.32. The maximum Gasteiger partial charge on any atom is 0.265 e. The number of hydrogen-bond donors (Lipinski definition) is 1. The maximum atomic E-state index is 12.4. The zero-order valence-corrected chi connectivity index (χ0v) is 18.5. The lowest BCUT2D eigenvalue weighted by molar-refractivity contribution is -0.0286. The van der Waals surface area contributed by atoms with E-state index in [9.17, 15) is 4.79 Å². The van der Waals surface area contributed by atoms with Gasteiger partial charge in [-0.15, -0.1) is 0 Å². The van der Waals surface area contributed by atoms with Gasteiger partial charge in [-0.25, -0.2) is 0 Å². The molecule has 0 amide bonds. The number of nitrogens with one attached hydrogen (secondary N) is 1. The van der Waals surface area contributed by atoms with Gasteiger partial charge in [-0.3, -0.25) is 9.69 Å². The van der Waals surface area contributed by atoms with E-state index in [-0.39, 0.29) is 11.7 Å². The summed E-state index contributed by atoms with van der Waals surface area (Å²) in [7, 11) is 0. The molecule has 1 fully saturated rings. The molecule has 148 valence electrons. The summed E-state index contributed by atoms with van der Waals surface area (Å²) in [5, 5.41) is 8.95. The minimum Gasteiger partial charge on any atom is -0.456 e. The Morgan fingerprint density at radius 1 is 1.32 bits per heavy atom. The fraction of sp³-hybridized carbons (Fsp3) is 0.429. The standard InChI is InChI=1S/C21H24IN3O3/c1-13-8-14(2)10-17(9-13)28-20-18(15(3)24-21(26)19(20)22)12-25-6-7-27-16(11-25)4-5-23/h8-10,16H,4,6-7,11-12H2,1-3H3,(H,24,26). The second-order valence-electron chi connectivity index (χ2n) is 7.22. The van der Waals surface area contributed by atoms with Crippen molar-refractivity contribution >= 4 is 22.6 Å². The number of morpholine rings is 1. The summed E-state index contributed by atoms with van der Waals surface area (Å²) in [6, 6.07) is 8.21. The number of nitriles is 1. The summed E-state index contributed by atoms with van der Waals surface area (Å²) in [6.45, 7) is 8.64. The lowest BCUT2D eigenvalue weighted by atomic mass is 10.1. The van der Waals surface area contributed by atoms with Crippen LogP contribution in [0.5, 0.6) is 11.5 Å². The summed E-state index contributed by atoms with van der Waals surface area (Å²) in [6.07, 6.45) is 0.301. The van der Waals surface area contributed by atoms with Crippen LogP contribution in [0.15, 0.2) is 23.0 Å². The predicted octanol–water partition coefficient (Wildman–Crippen LogP) is 3.81. The van der Waals surface area contributed by atoms with Crippen molar-refractivity contribution in [3.63, 3.8) is 0 Å². The first-order chi connectivity index (χ1) is 13.4. The van der Waals surface area contributed by atoms with E-state index in [4.69, 9.17) is 14.7 Å². The summed E-state index contributed by atoms with van der Waals surface area (Å²) < 4.78 is 12.4. The fourth-order valence-corrected chi connectivity index (χ4v) is 4.06. The van der Waals surface area contributed by atoms with Gasteiger partial charge in [0.15, 0.2) is 5.75 Å². The number of benzene rings is 1. The monoisotopic (exact) mass is 493 g/mol. The lowest BCUT2D eigenvalue weighted by Gasteiger charge is -2.32. The molecule has 0 radical (unpaired) electrons. The van der Waals surface area contributed by atoms with E-state index in [0.717, 1.165) is 34.7 Å². The highest BCUT2D eigenvalue weighted by Gasteiger charge is 2.24. The normalized spacial score (nSPS) is 17.3. The van der Waals surface area contributed by atoms with Gasteiger partial charge in [0.2, 0.25) is 0 Å². The van der Waals surface area contributed by atoms with E-state index in [2.05, 4.69) is 22.0 Å². The van der Waals surface area contributed by atoms with Gasteiger partial charge in [-0.1, -0.05) is 6.07 Å². The van der Waals surface area contributed by atoms with E-state index in [1.165, 1.54) is 0 Å². The van der Waals surface area contributed by atoms with Gasteiger partial charge in [-0.05, 0) is 66.6 Å². The molecule has 0 bridgehead atoms. The number of H-pyrrole nitrogens is 1. The molecule has 1 N–H and O–H groups in total. The SMILES string of the molecule is Cc1cc(C)cc(Oc2c(CN3CCOC(CC#N)C3)c(C)[nH]c(=O)c2I)c1. The molecular weight excluding hydrogens is 469 g/mol. The van der Waals surface area contributed by atoms with Crippen molar-refractivity contribution in [2.75, 3.05) is 19.7 Å². The van der Waals surface area contributed by atoms with Crippen molar-refractivity contribution in [1.82, 2.24) is 9.88 Å². The molecule has 3 rings (SSSR count). The minimum atomic E-state index is -0.148. The van der Waals surface area contributed by atoms with E-state index < -0.39 is 0 Å². The predicted molar refractivity (Wildman–Crippen MR) is 116 cm³/mol. The molecule has 1 aromatic carbocycles. The third-order valence-electron chi connectivity index (χ3n) is 4.77. The summed E-state index contributed by atoms with van der Waals surface area (Å²) in [4.78, 5) is 17.5. The molecule has 0 aliphatic carbocycles. The first-order valence-corrected chi connectivity index (χ1v) is 10.3. The van der Waals surface area contributed by atoms with Gasteiger partial charge in [-0.2, -0.15) is 5.26 Å². The Hall–Kier alpha value is -1.89. The third-order valence-corrected chi connectivity index (χ3v) is 5.74. The minimum absolute atomic E-state index is 0.0790. The van der Waals surface area contributed by atoms with Crippen LogP contribution in [0.3, 0.4) is 0 Å². The van der Waals surface area contributed by atoms with E-state index in [1.807, 2.05) is 55.5 Å². The fourth-order valence-electron chi connectivity index (χ4n) is 3.49.